The summed E-state index contributed by atoms with van der Waals surface area (Å²) in [4.78, 5) is 12.5. The summed E-state index contributed by atoms with van der Waals surface area (Å²) in [6, 6.07) is 14.2. The third kappa shape index (κ3) is 6.01. The molecule has 1 aliphatic heterocycles. The lowest BCUT2D eigenvalue weighted by Crippen LogP contribution is -2.45. The van der Waals surface area contributed by atoms with Gasteiger partial charge in [-0.15, -0.1) is 0 Å². The lowest BCUT2D eigenvalue weighted by molar-refractivity contribution is -0.123. The molecular weight excluding hydrogens is 390 g/mol. The van der Waals surface area contributed by atoms with Gasteiger partial charge in [-0.3, -0.25) is 4.79 Å². The van der Waals surface area contributed by atoms with E-state index in [1.807, 2.05) is 31.2 Å². The molecule has 2 aromatic rings. The van der Waals surface area contributed by atoms with Crippen LogP contribution < -0.4 is 14.8 Å². The smallest absolute Gasteiger partial charge is 0.257 e. The largest absolute Gasteiger partial charge is 0.494 e. The van der Waals surface area contributed by atoms with E-state index in [2.05, 4.69) is 44.3 Å². The van der Waals surface area contributed by atoms with Crippen LogP contribution in [0.3, 0.4) is 0 Å². The molecule has 31 heavy (non-hydrogen) atoms. The Morgan fingerprint density at radius 2 is 1.74 bits per heavy atom. The third-order valence-electron chi connectivity index (χ3n) is 6.08. The zero-order valence-electron chi connectivity index (χ0n) is 19.2. The number of nitrogens with one attached hydrogen (secondary N) is 1. The Balaban J connectivity index is 1.60. The van der Waals surface area contributed by atoms with Gasteiger partial charge in [-0.1, -0.05) is 32.0 Å². The van der Waals surface area contributed by atoms with Crippen LogP contribution in [-0.4, -0.2) is 38.9 Å². The minimum Gasteiger partial charge on any atom is -0.494 e. The van der Waals surface area contributed by atoms with Crippen molar-refractivity contribution in [3.8, 4) is 11.5 Å². The number of carbonyl (C=O) groups excluding carboxylic acids is 1. The predicted molar refractivity (Wildman–Crippen MR) is 123 cm³/mol. The van der Waals surface area contributed by atoms with Crippen LogP contribution in [0.2, 0.25) is 0 Å². The van der Waals surface area contributed by atoms with Crippen molar-refractivity contribution in [3.05, 3.63) is 59.2 Å². The highest BCUT2D eigenvalue weighted by Gasteiger charge is 2.35. The molecule has 0 radical (unpaired) electrons. The van der Waals surface area contributed by atoms with Crippen LogP contribution in [0, 0.1) is 6.92 Å². The zero-order valence-corrected chi connectivity index (χ0v) is 19.2. The van der Waals surface area contributed by atoms with Gasteiger partial charge >= 0.3 is 0 Å². The van der Waals surface area contributed by atoms with Gasteiger partial charge in [0.25, 0.3) is 5.91 Å². The molecule has 0 saturated carbocycles. The van der Waals surface area contributed by atoms with Crippen molar-refractivity contribution in [1.29, 1.82) is 0 Å². The molecule has 0 spiro atoms. The molecule has 5 nitrogen and oxygen atoms in total. The van der Waals surface area contributed by atoms with Crippen LogP contribution in [0.4, 0.5) is 0 Å². The van der Waals surface area contributed by atoms with E-state index >= 15 is 0 Å². The highest BCUT2D eigenvalue weighted by Crippen LogP contribution is 2.35. The fourth-order valence-corrected chi connectivity index (χ4v) is 4.25. The highest BCUT2D eigenvalue weighted by molar-refractivity contribution is 5.77. The van der Waals surface area contributed by atoms with Gasteiger partial charge in [0.2, 0.25) is 0 Å². The number of benzene rings is 2. The summed E-state index contributed by atoms with van der Waals surface area (Å²) in [6.07, 6.45) is 1.75. The Hall–Kier alpha value is -2.53. The normalized spacial score (nSPS) is 15.5. The minimum atomic E-state index is -0.131. The van der Waals surface area contributed by atoms with Crippen LogP contribution >= 0.6 is 0 Å². The van der Waals surface area contributed by atoms with E-state index in [-0.39, 0.29) is 17.9 Å². The molecule has 5 heteroatoms. The topological polar surface area (TPSA) is 56.8 Å². The Morgan fingerprint density at radius 1 is 1.06 bits per heavy atom. The fraction of sp³-hybridized carbons (Fsp3) is 0.500. The van der Waals surface area contributed by atoms with Crippen molar-refractivity contribution in [2.24, 2.45) is 0 Å². The van der Waals surface area contributed by atoms with Crippen LogP contribution in [0.5, 0.6) is 11.5 Å². The third-order valence-corrected chi connectivity index (χ3v) is 6.08. The summed E-state index contributed by atoms with van der Waals surface area (Å²) < 4.78 is 16.9. The van der Waals surface area contributed by atoms with Crippen LogP contribution in [0.1, 0.15) is 56.2 Å². The van der Waals surface area contributed by atoms with Crippen LogP contribution in [0.15, 0.2) is 42.5 Å². The fourth-order valence-electron chi connectivity index (χ4n) is 4.25. The van der Waals surface area contributed by atoms with Crippen molar-refractivity contribution < 1.29 is 19.0 Å². The maximum Gasteiger partial charge on any atom is 0.257 e. The lowest BCUT2D eigenvalue weighted by Gasteiger charge is -2.38. The predicted octanol–water partition coefficient (Wildman–Crippen LogP) is 4.76. The van der Waals surface area contributed by atoms with E-state index in [0.717, 1.165) is 24.3 Å². The molecule has 168 valence electrons. The molecule has 2 aromatic carbocycles. The summed E-state index contributed by atoms with van der Waals surface area (Å²) in [6.45, 7) is 11.0. The van der Waals surface area contributed by atoms with Gasteiger partial charge in [0.15, 0.2) is 6.61 Å². The molecule has 0 aromatic heterocycles. The molecule has 1 fully saturated rings. The molecule has 0 aliphatic carbocycles. The highest BCUT2D eigenvalue weighted by atomic mass is 16.5. The Bertz CT molecular complexity index is 854. The van der Waals surface area contributed by atoms with E-state index in [0.29, 0.717) is 32.3 Å². The van der Waals surface area contributed by atoms with Gasteiger partial charge in [0.1, 0.15) is 11.5 Å². The van der Waals surface area contributed by atoms with Crippen molar-refractivity contribution in [2.45, 2.75) is 51.9 Å². The zero-order chi connectivity index (χ0) is 22.3. The lowest BCUT2D eigenvalue weighted by atomic mass is 9.74. The molecule has 0 bridgehead atoms. The van der Waals surface area contributed by atoms with E-state index < -0.39 is 0 Å². The number of hydrogen-bond acceptors (Lipinski definition) is 4. The van der Waals surface area contributed by atoms with Crippen molar-refractivity contribution in [2.75, 3.05) is 33.0 Å². The Kier molecular flexibility index (Phi) is 7.97. The first kappa shape index (κ1) is 23.1. The van der Waals surface area contributed by atoms with Crippen molar-refractivity contribution in [3.63, 3.8) is 0 Å². The molecule has 0 unspecified atom stereocenters. The van der Waals surface area contributed by atoms with Gasteiger partial charge < -0.3 is 19.5 Å². The number of amides is 1. The number of rotatable bonds is 9. The first-order valence-electron chi connectivity index (χ1n) is 11.2. The number of carbonyl (C=O) groups is 1. The van der Waals surface area contributed by atoms with Gasteiger partial charge in [-0.05, 0) is 73.6 Å². The minimum absolute atomic E-state index is 0.0102. The molecule has 1 aliphatic rings. The van der Waals surface area contributed by atoms with Crippen LogP contribution in [-0.2, 0) is 14.9 Å². The molecular formula is C26H35NO4. The van der Waals surface area contributed by atoms with Crippen molar-refractivity contribution in [1.82, 2.24) is 5.32 Å². The average molecular weight is 426 g/mol. The average Bonchev–Trinajstić information content (AvgIpc) is 2.77. The molecule has 3 rings (SSSR count). The maximum atomic E-state index is 12.5. The second-order valence-corrected chi connectivity index (χ2v) is 8.59. The standard InChI is InChI=1S/C26H35NO4/c1-5-30-22-8-6-21(7-9-22)26(12-14-29-15-13-26)18-27-25(28)17-31-23-10-11-24(19(2)3)20(4)16-23/h6-11,16,19H,5,12-15,17-18H2,1-4H3,(H,27,28). The first-order chi connectivity index (χ1) is 14.9. The molecule has 0 atom stereocenters. The maximum absolute atomic E-state index is 12.5. The molecule has 1 saturated heterocycles. The van der Waals surface area contributed by atoms with Gasteiger partial charge in [0, 0.05) is 25.2 Å². The van der Waals surface area contributed by atoms with Crippen molar-refractivity contribution >= 4 is 5.91 Å². The number of aryl methyl sites for hydroxylation is 1. The molecule has 1 N–H and O–H groups in total. The van der Waals surface area contributed by atoms with Gasteiger partial charge in [-0.25, -0.2) is 0 Å². The van der Waals surface area contributed by atoms with E-state index in [9.17, 15) is 4.79 Å². The van der Waals surface area contributed by atoms with Gasteiger partial charge in [0.05, 0.1) is 6.61 Å². The number of ether oxygens (including phenoxy) is 3. The van der Waals surface area contributed by atoms with Crippen LogP contribution in [0.25, 0.3) is 0 Å². The monoisotopic (exact) mass is 425 g/mol. The summed E-state index contributed by atoms with van der Waals surface area (Å²) in [5.74, 6) is 1.95. The molecule has 1 amide bonds. The first-order valence-corrected chi connectivity index (χ1v) is 11.2. The second-order valence-electron chi connectivity index (χ2n) is 8.59. The molecule has 1 heterocycles. The summed E-state index contributed by atoms with van der Waals surface area (Å²) in [5, 5.41) is 3.10. The summed E-state index contributed by atoms with van der Waals surface area (Å²) in [7, 11) is 0. The SMILES string of the molecule is CCOc1ccc(C2(CNC(=O)COc3ccc(C(C)C)c(C)c3)CCOCC2)cc1. The Morgan fingerprint density at radius 3 is 2.35 bits per heavy atom. The van der Waals surface area contributed by atoms with E-state index in [1.54, 1.807) is 0 Å². The van der Waals surface area contributed by atoms with Gasteiger partial charge in [-0.2, -0.15) is 0 Å². The second kappa shape index (κ2) is 10.7. The summed E-state index contributed by atoms with van der Waals surface area (Å²) >= 11 is 0. The van der Waals surface area contributed by atoms with E-state index in [4.69, 9.17) is 14.2 Å². The number of hydrogen-bond donors (Lipinski definition) is 1. The quantitative estimate of drug-likeness (QED) is 0.629. The van der Waals surface area contributed by atoms with E-state index in [1.165, 1.54) is 16.7 Å². The Labute approximate surface area is 186 Å². The summed E-state index contributed by atoms with van der Waals surface area (Å²) in [5.41, 5.74) is 3.56.